The smallest absolute Gasteiger partial charge is 0.269 e. The first-order valence-corrected chi connectivity index (χ1v) is 13.7. The number of ether oxygens (including phenoxy) is 1. The van der Waals surface area contributed by atoms with Gasteiger partial charge in [-0.1, -0.05) is 29.8 Å². The second kappa shape index (κ2) is 12.2. The van der Waals surface area contributed by atoms with E-state index in [0.717, 1.165) is 12.8 Å². The van der Waals surface area contributed by atoms with Crippen molar-refractivity contribution in [1.82, 2.24) is 24.9 Å². The zero-order valence-corrected chi connectivity index (χ0v) is 23.0. The van der Waals surface area contributed by atoms with Crippen LogP contribution in [0.2, 0.25) is 5.02 Å². The van der Waals surface area contributed by atoms with E-state index < -0.39 is 17.6 Å². The maximum absolute atomic E-state index is 14.2. The van der Waals surface area contributed by atoms with Gasteiger partial charge in [0.1, 0.15) is 12.4 Å². The van der Waals surface area contributed by atoms with Gasteiger partial charge in [0.25, 0.3) is 5.91 Å². The lowest BCUT2D eigenvalue weighted by Gasteiger charge is -2.26. The molecule has 0 radical (unpaired) electrons. The van der Waals surface area contributed by atoms with E-state index in [2.05, 4.69) is 10.4 Å². The van der Waals surface area contributed by atoms with Crippen molar-refractivity contribution in [1.29, 1.82) is 0 Å². The number of fused-ring (bicyclic) bond motifs is 1. The molecule has 0 atom stereocenters. The number of hydrogen-bond acceptors (Lipinski definition) is 6. The third-order valence-corrected chi connectivity index (χ3v) is 7.47. The Morgan fingerprint density at radius 3 is 2.61 bits per heavy atom. The second-order valence-corrected chi connectivity index (χ2v) is 10.5. The number of carbonyl (C=O) groups is 4. The van der Waals surface area contributed by atoms with Gasteiger partial charge in [0.15, 0.2) is 5.69 Å². The lowest BCUT2D eigenvalue weighted by Crippen LogP contribution is -2.43. The van der Waals surface area contributed by atoms with Crippen LogP contribution in [0.4, 0.5) is 4.39 Å². The SMILES string of the molecule is NC(=O)c1nn(CC(=O)N(CC(=O)NCc2cccc(Cl)c2F)C2CC2)c2ccc(CC(=O)N3CCOCC3)cc12. The average Bonchev–Trinajstić information content (AvgIpc) is 3.74. The van der Waals surface area contributed by atoms with Crippen molar-refractivity contribution in [2.45, 2.75) is 38.4 Å². The summed E-state index contributed by atoms with van der Waals surface area (Å²) in [5.74, 6) is -2.21. The number of nitrogens with zero attached hydrogens (tertiary/aromatic N) is 4. The van der Waals surface area contributed by atoms with Crippen LogP contribution in [-0.2, 0) is 38.6 Å². The van der Waals surface area contributed by atoms with E-state index in [1.165, 1.54) is 21.7 Å². The molecule has 2 aliphatic rings. The number of rotatable bonds is 10. The Balaban J connectivity index is 1.28. The molecule has 3 N–H and O–H groups in total. The minimum Gasteiger partial charge on any atom is -0.378 e. The number of nitrogens with one attached hydrogen (secondary N) is 1. The predicted molar refractivity (Wildman–Crippen MR) is 147 cm³/mol. The molecule has 216 valence electrons. The molecule has 5 rings (SSSR count). The molecule has 13 heteroatoms. The summed E-state index contributed by atoms with van der Waals surface area (Å²) in [4.78, 5) is 54.1. The first-order chi connectivity index (χ1) is 19.7. The molecule has 0 spiro atoms. The van der Waals surface area contributed by atoms with Gasteiger partial charge in [-0.25, -0.2) is 4.39 Å². The monoisotopic (exact) mass is 584 g/mol. The van der Waals surface area contributed by atoms with Crippen molar-refractivity contribution < 1.29 is 28.3 Å². The van der Waals surface area contributed by atoms with Gasteiger partial charge in [-0.3, -0.25) is 23.9 Å². The van der Waals surface area contributed by atoms with Crippen molar-refractivity contribution >= 4 is 46.1 Å². The molecule has 0 unspecified atom stereocenters. The van der Waals surface area contributed by atoms with Crippen LogP contribution in [0.1, 0.15) is 34.5 Å². The second-order valence-electron chi connectivity index (χ2n) is 10.1. The van der Waals surface area contributed by atoms with E-state index >= 15 is 0 Å². The molecule has 2 heterocycles. The molecular weight excluding hydrogens is 555 g/mol. The number of aromatic nitrogens is 2. The van der Waals surface area contributed by atoms with Gasteiger partial charge in [0, 0.05) is 36.6 Å². The fourth-order valence-corrected chi connectivity index (χ4v) is 5.05. The molecule has 41 heavy (non-hydrogen) atoms. The summed E-state index contributed by atoms with van der Waals surface area (Å²) in [5.41, 5.74) is 7.02. The summed E-state index contributed by atoms with van der Waals surface area (Å²) in [5, 5.41) is 7.35. The van der Waals surface area contributed by atoms with Crippen molar-refractivity contribution in [3.05, 3.63) is 64.1 Å². The van der Waals surface area contributed by atoms with Gasteiger partial charge in [-0.15, -0.1) is 0 Å². The zero-order chi connectivity index (χ0) is 29.1. The topological polar surface area (TPSA) is 140 Å². The third-order valence-electron chi connectivity index (χ3n) is 7.18. The molecular formula is C28H30ClFN6O5. The summed E-state index contributed by atoms with van der Waals surface area (Å²) >= 11 is 5.81. The van der Waals surface area contributed by atoms with Gasteiger partial charge in [-0.05, 0) is 36.6 Å². The number of carbonyl (C=O) groups excluding carboxylic acids is 4. The minimum absolute atomic E-state index is 0.00673. The van der Waals surface area contributed by atoms with E-state index in [-0.39, 0.29) is 60.2 Å². The Morgan fingerprint density at radius 1 is 1.15 bits per heavy atom. The van der Waals surface area contributed by atoms with E-state index in [0.29, 0.717) is 42.8 Å². The van der Waals surface area contributed by atoms with Crippen LogP contribution < -0.4 is 11.1 Å². The van der Waals surface area contributed by atoms with E-state index in [1.807, 2.05) is 0 Å². The standard InChI is InChI=1S/C28H30ClFN6O5/c29-21-3-1-2-18(26(21)30)14-32-23(37)15-35(19-5-6-19)25(39)16-36-22-7-4-17(12-20(22)27(33-36)28(31)40)13-24(38)34-8-10-41-11-9-34/h1-4,7,12,19H,5-6,8-11,13-16H2,(H2,31,40)(H,32,37). The molecule has 11 nitrogen and oxygen atoms in total. The molecule has 1 aromatic heterocycles. The number of amides is 4. The van der Waals surface area contributed by atoms with E-state index in [4.69, 9.17) is 22.1 Å². The quantitative estimate of drug-likeness (QED) is 0.371. The molecule has 4 amide bonds. The molecule has 2 fully saturated rings. The van der Waals surface area contributed by atoms with E-state index in [9.17, 15) is 23.6 Å². The number of primary amides is 1. The Kier molecular flexibility index (Phi) is 8.50. The van der Waals surface area contributed by atoms with Gasteiger partial charge in [-0.2, -0.15) is 5.10 Å². The van der Waals surface area contributed by atoms with Crippen LogP contribution in [0.15, 0.2) is 36.4 Å². The number of hydrogen-bond donors (Lipinski definition) is 2. The average molecular weight is 585 g/mol. The molecule has 1 saturated carbocycles. The summed E-state index contributed by atoms with van der Waals surface area (Å²) in [6, 6.07) is 9.60. The summed E-state index contributed by atoms with van der Waals surface area (Å²) < 4.78 is 20.9. The van der Waals surface area contributed by atoms with E-state index in [1.54, 1.807) is 29.2 Å². The molecule has 1 aliphatic carbocycles. The first-order valence-electron chi connectivity index (χ1n) is 13.3. The summed E-state index contributed by atoms with van der Waals surface area (Å²) in [6.45, 7) is 1.56. The van der Waals surface area contributed by atoms with Crippen LogP contribution in [-0.4, -0.2) is 82.1 Å². The Morgan fingerprint density at radius 2 is 1.90 bits per heavy atom. The fourth-order valence-electron chi connectivity index (χ4n) is 4.85. The van der Waals surface area contributed by atoms with Crippen molar-refractivity contribution in [3.63, 3.8) is 0 Å². The third kappa shape index (κ3) is 6.66. The fraction of sp³-hybridized carbons (Fsp3) is 0.393. The van der Waals surface area contributed by atoms with Crippen molar-refractivity contribution in [2.75, 3.05) is 32.8 Å². The van der Waals surface area contributed by atoms with Crippen molar-refractivity contribution in [2.24, 2.45) is 5.73 Å². The molecule has 1 saturated heterocycles. The Bertz CT molecular complexity index is 1500. The Hall–Kier alpha value is -4.03. The molecule has 3 aromatic rings. The zero-order valence-electron chi connectivity index (χ0n) is 22.3. The highest BCUT2D eigenvalue weighted by Gasteiger charge is 2.34. The highest BCUT2D eigenvalue weighted by Crippen LogP contribution is 2.28. The van der Waals surface area contributed by atoms with Crippen LogP contribution in [0.5, 0.6) is 0 Å². The first kappa shape index (κ1) is 28.5. The number of benzene rings is 2. The largest absolute Gasteiger partial charge is 0.378 e. The maximum atomic E-state index is 14.2. The number of halogens is 2. The van der Waals surface area contributed by atoms with Gasteiger partial charge >= 0.3 is 0 Å². The Labute approximate surface area is 240 Å². The minimum atomic E-state index is -0.760. The summed E-state index contributed by atoms with van der Waals surface area (Å²) in [7, 11) is 0. The van der Waals surface area contributed by atoms with Crippen LogP contribution in [0, 0.1) is 5.82 Å². The summed E-state index contributed by atoms with van der Waals surface area (Å²) in [6.07, 6.45) is 1.66. The van der Waals surface area contributed by atoms with Crippen LogP contribution >= 0.6 is 11.6 Å². The highest BCUT2D eigenvalue weighted by molar-refractivity contribution is 6.30. The van der Waals surface area contributed by atoms with Crippen LogP contribution in [0.25, 0.3) is 10.9 Å². The van der Waals surface area contributed by atoms with Gasteiger partial charge in [0.2, 0.25) is 17.7 Å². The number of morpholine rings is 1. The molecule has 2 aromatic carbocycles. The lowest BCUT2D eigenvalue weighted by atomic mass is 10.1. The number of nitrogens with two attached hydrogens (primary N) is 1. The van der Waals surface area contributed by atoms with Crippen LogP contribution in [0.3, 0.4) is 0 Å². The highest BCUT2D eigenvalue weighted by atomic mass is 35.5. The normalized spacial score (nSPS) is 15.1. The maximum Gasteiger partial charge on any atom is 0.269 e. The molecule has 1 aliphatic heterocycles. The molecule has 0 bridgehead atoms. The van der Waals surface area contributed by atoms with Gasteiger partial charge in [0.05, 0.1) is 36.7 Å². The predicted octanol–water partition coefficient (Wildman–Crippen LogP) is 1.64. The van der Waals surface area contributed by atoms with Crippen molar-refractivity contribution in [3.8, 4) is 0 Å². The lowest BCUT2D eigenvalue weighted by molar-refractivity contribution is -0.137. The van der Waals surface area contributed by atoms with Gasteiger partial charge < -0.3 is 25.6 Å².